The number of nitrogens with one attached hydrogen (secondary N) is 1. The number of nitrogens with zero attached hydrogens (tertiary/aromatic N) is 1. The number of benzene rings is 1. The minimum atomic E-state index is -1.87. The number of carboxylic acid groups (broad SMARTS) is 2. The number of anilines is 1. The number of pyridine rings is 1. The molecule has 0 unspecified atom stereocenters. The summed E-state index contributed by atoms with van der Waals surface area (Å²) in [7, 11) is 0. The van der Waals surface area contributed by atoms with E-state index < -0.39 is 67.7 Å². The van der Waals surface area contributed by atoms with Crippen LogP contribution in [0.4, 0.5) is 11.5 Å². The number of aromatic carboxylic acids is 2. The van der Waals surface area contributed by atoms with Crippen molar-refractivity contribution in [3.63, 3.8) is 0 Å². The highest BCUT2D eigenvalue weighted by molar-refractivity contribution is 6.08. The molecule has 1 heterocycles. The summed E-state index contributed by atoms with van der Waals surface area (Å²) in [5, 5.41) is 48.7. The zero-order valence-corrected chi connectivity index (χ0v) is 12.0. The summed E-state index contributed by atoms with van der Waals surface area (Å²) in [5.41, 5.74) is -0.450. The third-order valence-electron chi connectivity index (χ3n) is 3.23. The van der Waals surface area contributed by atoms with Crippen LogP contribution in [-0.4, -0.2) is 42.3 Å². The summed E-state index contributed by atoms with van der Waals surface area (Å²) in [5.74, 6) is -6.18. The third-order valence-corrected chi connectivity index (χ3v) is 3.23. The topological polar surface area (TPSA) is 217 Å². The molecule has 0 fully saturated rings. The highest BCUT2D eigenvalue weighted by Gasteiger charge is 2.31. The van der Waals surface area contributed by atoms with Gasteiger partial charge in [0.25, 0.3) is 11.2 Å². The van der Waals surface area contributed by atoms with Gasteiger partial charge in [0.05, 0.1) is 16.6 Å². The van der Waals surface area contributed by atoms with Gasteiger partial charge in [0, 0.05) is 5.56 Å². The van der Waals surface area contributed by atoms with Gasteiger partial charge in [0.2, 0.25) is 0 Å². The number of hydrogen-bond acceptors (Lipinski definition) is 8. The van der Waals surface area contributed by atoms with Gasteiger partial charge in [-0.15, -0.1) is 0 Å². The van der Waals surface area contributed by atoms with Crippen LogP contribution >= 0.6 is 0 Å². The fraction of sp³-hybridized carbons (Fsp3) is 0. The SMILES string of the molecule is Nc1[nH]c(=O)c(C(=O)O)c(-c2cc(O)c(O)cc2[N+](=O)[O-])c1C(=O)O. The Hall–Kier alpha value is -4.09. The van der Waals surface area contributed by atoms with E-state index in [0.717, 1.165) is 0 Å². The van der Waals surface area contributed by atoms with Crippen LogP contribution in [0.25, 0.3) is 11.1 Å². The second-order valence-electron chi connectivity index (χ2n) is 4.72. The lowest BCUT2D eigenvalue weighted by Crippen LogP contribution is -2.24. The van der Waals surface area contributed by atoms with Crippen molar-refractivity contribution >= 4 is 23.4 Å². The fourth-order valence-corrected chi connectivity index (χ4v) is 2.23. The van der Waals surface area contributed by atoms with Crippen LogP contribution in [0.1, 0.15) is 20.7 Å². The van der Waals surface area contributed by atoms with Gasteiger partial charge >= 0.3 is 11.9 Å². The Bertz CT molecular complexity index is 993. The van der Waals surface area contributed by atoms with E-state index in [1.54, 1.807) is 0 Å². The first-order valence-electron chi connectivity index (χ1n) is 6.29. The maximum Gasteiger partial charge on any atom is 0.342 e. The molecule has 130 valence electrons. The smallest absolute Gasteiger partial charge is 0.342 e. The number of nitro groups is 1. The number of rotatable bonds is 4. The lowest BCUT2D eigenvalue weighted by molar-refractivity contribution is -0.384. The number of carboxylic acids is 2. The minimum Gasteiger partial charge on any atom is -0.504 e. The van der Waals surface area contributed by atoms with E-state index in [0.29, 0.717) is 12.1 Å². The summed E-state index contributed by atoms with van der Waals surface area (Å²) in [6, 6.07) is 1.06. The second kappa shape index (κ2) is 5.84. The summed E-state index contributed by atoms with van der Waals surface area (Å²) >= 11 is 0. The molecule has 1 aromatic heterocycles. The van der Waals surface area contributed by atoms with Gasteiger partial charge in [-0.2, -0.15) is 0 Å². The quantitative estimate of drug-likeness (QED) is 0.252. The van der Waals surface area contributed by atoms with Gasteiger partial charge in [0.1, 0.15) is 16.9 Å². The van der Waals surface area contributed by atoms with E-state index in [1.807, 2.05) is 4.98 Å². The largest absolute Gasteiger partial charge is 0.504 e. The third kappa shape index (κ3) is 2.78. The van der Waals surface area contributed by atoms with Gasteiger partial charge < -0.3 is 31.1 Å². The highest BCUT2D eigenvalue weighted by atomic mass is 16.6. The Labute approximate surface area is 136 Å². The van der Waals surface area contributed by atoms with Crippen LogP contribution in [-0.2, 0) is 0 Å². The summed E-state index contributed by atoms with van der Waals surface area (Å²) < 4.78 is 0. The molecular formula is C13H9N3O9. The predicted octanol–water partition coefficient (Wildman–Crippen LogP) is 0.340. The van der Waals surface area contributed by atoms with Crippen molar-refractivity contribution in [1.29, 1.82) is 0 Å². The van der Waals surface area contributed by atoms with Crippen molar-refractivity contribution in [2.75, 3.05) is 5.73 Å². The molecule has 0 aliphatic rings. The molecule has 12 nitrogen and oxygen atoms in total. The zero-order chi connectivity index (χ0) is 19.0. The molecule has 0 amide bonds. The van der Waals surface area contributed by atoms with Crippen molar-refractivity contribution in [3.8, 4) is 22.6 Å². The van der Waals surface area contributed by atoms with E-state index in [-0.39, 0.29) is 0 Å². The van der Waals surface area contributed by atoms with Gasteiger partial charge in [-0.25, -0.2) is 9.59 Å². The Kier molecular flexibility index (Phi) is 4.03. The normalized spacial score (nSPS) is 10.4. The molecular weight excluding hydrogens is 342 g/mol. The van der Waals surface area contributed by atoms with E-state index in [2.05, 4.69) is 0 Å². The number of carbonyl (C=O) groups is 2. The van der Waals surface area contributed by atoms with Crippen LogP contribution < -0.4 is 11.3 Å². The second-order valence-corrected chi connectivity index (χ2v) is 4.72. The van der Waals surface area contributed by atoms with Gasteiger partial charge in [-0.3, -0.25) is 14.9 Å². The Balaban J connectivity index is 3.14. The van der Waals surface area contributed by atoms with Crippen molar-refractivity contribution in [3.05, 3.63) is 43.7 Å². The van der Waals surface area contributed by atoms with Crippen molar-refractivity contribution in [2.24, 2.45) is 0 Å². The van der Waals surface area contributed by atoms with E-state index >= 15 is 0 Å². The minimum absolute atomic E-state index is 0.485. The molecule has 1 aromatic carbocycles. The molecule has 0 atom stereocenters. The number of hydrogen-bond donors (Lipinski definition) is 6. The van der Waals surface area contributed by atoms with Gasteiger partial charge in [-0.1, -0.05) is 0 Å². The Morgan fingerprint density at radius 2 is 1.60 bits per heavy atom. The molecule has 25 heavy (non-hydrogen) atoms. The van der Waals surface area contributed by atoms with Crippen molar-refractivity contribution in [1.82, 2.24) is 4.98 Å². The first-order chi connectivity index (χ1) is 11.6. The fourth-order valence-electron chi connectivity index (χ4n) is 2.23. The average molecular weight is 351 g/mol. The number of nitro benzene ring substituents is 1. The molecule has 0 aliphatic heterocycles. The first kappa shape index (κ1) is 17.3. The molecule has 7 N–H and O–H groups in total. The summed E-state index contributed by atoms with van der Waals surface area (Å²) in [6.07, 6.45) is 0. The van der Waals surface area contributed by atoms with E-state index in [1.165, 1.54) is 0 Å². The van der Waals surface area contributed by atoms with E-state index in [4.69, 9.17) is 5.73 Å². The van der Waals surface area contributed by atoms with Crippen LogP contribution in [0.2, 0.25) is 0 Å². The molecule has 0 bridgehead atoms. The standard InChI is InChI=1S/C13H9N3O9/c14-10-8(12(20)21)7(9(13(22)23)11(19)15-10)3-1-5(17)6(18)2-4(3)16(24)25/h1-2,17-18H,(H,20,21)(H,22,23)(H3,14,15,19). The number of H-pyrrole nitrogens is 1. The highest BCUT2D eigenvalue weighted by Crippen LogP contribution is 2.41. The molecule has 0 saturated heterocycles. The summed E-state index contributed by atoms with van der Waals surface area (Å²) in [4.78, 5) is 46.7. The number of phenols is 2. The number of nitrogens with two attached hydrogens (primary N) is 1. The number of nitrogen functional groups attached to an aromatic ring is 1. The number of aromatic nitrogens is 1. The number of aromatic amines is 1. The molecule has 0 radical (unpaired) electrons. The van der Waals surface area contributed by atoms with E-state index in [9.17, 15) is 44.9 Å². The van der Waals surface area contributed by atoms with Crippen LogP contribution in [0.5, 0.6) is 11.5 Å². The van der Waals surface area contributed by atoms with Crippen molar-refractivity contribution < 1.29 is 34.9 Å². The average Bonchev–Trinajstić information content (AvgIpc) is 2.47. The maximum absolute atomic E-state index is 11.9. The molecule has 12 heteroatoms. The zero-order valence-electron chi connectivity index (χ0n) is 12.0. The lowest BCUT2D eigenvalue weighted by Gasteiger charge is -2.13. The monoisotopic (exact) mass is 351 g/mol. The van der Waals surface area contributed by atoms with Gasteiger partial charge in [0.15, 0.2) is 11.5 Å². The maximum atomic E-state index is 11.9. The van der Waals surface area contributed by atoms with Crippen LogP contribution in [0.15, 0.2) is 16.9 Å². The molecule has 0 aliphatic carbocycles. The van der Waals surface area contributed by atoms with Crippen LogP contribution in [0, 0.1) is 10.1 Å². The Morgan fingerprint density at radius 3 is 2.08 bits per heavy atom. The summed E-state index contributed by atoms with van der Waals surface area (Å²) in [6.45, 7) is 0. The molecule has 2 aromatic rings. The number of aromatic hydroxyl groups is 2. The van der Waals surface area contributed by atoms with Gasteiger partial charge in [-0.05, 0) is 6.07 Å². The molecule has 0 spiro atoms. The van der Waals surface area contributed by atoms with Crippen molar-refractivity contribution in [2.45, 2.75) is 0 Å². The molecule has 0 saturated carbocycles. The lowest BCUT2D eigenvalue weighted by atomic mass is 9.93. The Morgan fingerprint density at radius 1 is 1.08 bits per heavy atom. The predicted molar refractivity (Wildman–Crippen MR) is 80.8 cm³/mol. The number of phenolic OH excluding ortho intramolecular Hbond substituents is 2. The molecule has 2 rings (SSSR count). The van der Waals surface area contributed by atoms with Crippen LogP contribution in [0.3, 0.4) is 0 Å². The first-order valence-corrected chi connectivity index (χ1v) is 6.29.